The Morgan fingerprint density at radius 2 is 2.12 bits per heavy atom. The van der Waals surface area contributed by atoms with Gasteiger partial charge in [0.05, 0.1) is 11.9 Å². The maximum Gasteiger partial charge on any atom is 0.0558 e. The molecule has 3 atom stereocenters. The molecule has 1 aliphatic carbocycles. The Hall–Kier alpha value is -1.05. The van der Waals surface area contributed by atoms with Crippen molar-refractivity contribution in [2.75, 3.05) is 5.32 Å². The lowest BCUT2D eigenvalue weighted by Gasteiger charge is -2.34. The molecule has 1 N–H and O–H groups in total. The fraction of sp³-hybridized carbons (Fsp3) is 0.643. The summed E-state index contributed by atoms with van der Waals surface area (Å²) in [6.45, 7) is 6.86. The van der Waals surface area contributed by atoms with Crippen LogP contribution in [0.25, 0.3) is 0 Å². The van der Waals surface area contributed by atoms with Gasteiger partial charge in [-0.15, -0.1) is 0 Å². The smallest absolute Gasteiger partial charge is 0.0558 e. The third kappa shape index (κ3) is 2.55. The summed E-state index contributed by atoms with van der Waals surface area (Å²) in [4.78, 5) is 4.19. The molecule has 1 aliphatic rings. The van der Waals surface area contributed by atoms with Crippen LogP contribution in [0.2, 0.25) is 0 Å². The molecule has 2 rings (SSSR count). The number of nitrogens with one attached hydrogen (secondary N) is 1. The summed E-state index contributed by atoms with van der Waals surface area (Å²) in [5.74, 6) is 1.66. The zero-order valence-corrected chi connectivity index (χ0v) is 10.5. The van der Waals surface area contributed by atoms with Crippen molar-refractivity contribution in [2.24, 2.45) is 11.8 Å². The molecule has 1 aromatic heterocycles. The zero-order valence-electron chi connectivity index (χ0n) is 10.5. The van der Waals surface area contributed by atoms with Gasteiger partial charge in [0.15, 0.2) is 0 Å². The molecule has 1 heterocycles. The summed E-state index contributed by atoms with van der Waals surface area (Å²) in [5, 5.41) is 3.66. The highest BCUT2D eigenvalue weighted by Crippen LogP contribution is 2.31. The van der Waals surface area contributed by atoms with Gasteiger partial charge in [-0.2, -0.15) is 0 Å². The van der Waals surface area contributed by atoms with Crippen LogP contribution in [0.5, 0.6) is 0 Å². The van der Waals surface area contributed by atoms with Crippen LogP contribution >= 0.6 is 0 Å². The van der Waals surface area contributed by atoms with Gasteiger partial charge in [0.25, 0.3) is 0 Å². The standard InChI is InChI=1S/C14H22N2/c1-10-4-5-13(12(3)8-10)16-14-9-15-7-6-11(14)2/h6-7,9-10,12-13,16H,4-5,8H2,1-3H3. The fourth-order valence-electron chi connectivity index (χ4n) is 2.69. The molecular formula is C14H22N2. The summed E-state index contributed by atoms with van der Waals surface area (Å²) in [6, 6.07) is 2.69. The topological polar surface area (TPSA) is 24.9 Å². The highest BCUT2D eigenvalue weighted by molar-refractivity contribution is 5.48. The van der Waals surface area contributed by atoms with Crippen LogP contribution in [-0.2, 0) is 0 Å². The number of nitrogens with zero attached hydrogens (tertiary/aromatic N) is 1. The molecule has 0 radical (unpaired) electrons. The highest BCUT2D eigenvalue weighted by Gasteiger charge is 2.25. The van der Waals surface area contributed by atoms with Crippen LogP contribution in [0.15, 0.2) is 18.5 Å². The lowest BCUT2D eigenvalue weighted by atomic mass is 9.80. The van der Waals surface area contributed by atoms with E-state index < -0.39 is 0 Å². The van der Waals surface area contributed by atoms with Crippen molar-refractivity contribution in [2.45, 2.75) is 46.1 Å². The Kier molecular flexibility index (Phi) is 3.47. The van der Waals surface area contributed by atoms with Gasteiger partial charge in [-0.25, -0.2) is 0 Å². The van der Waals surface area contributed by atoms with Gasteiger partial charge in [-0.3, -0.25) is 4.98 Å². The van der Waals surface area contributed by atoms with E-state index in [9.17, 15) is 0 Å². The second-order valence-electron chi connectivity index (χ2n) is 5.34. The van der Waals surface area contributed by atoms with E-state index >= 15 is 0 Å². The van der Waals surface area contributed by atoms with Gasteiger partial charge in [0, 0.05) is 12.2 Å². The van der Waals surface area contributed by atoms with E-state index in [0.717, 1.165) is 11.8 Å². The van der Waals surface area contributed by atoms with E-state index in [1.165, 1.54) is 30.5 Å². The van der Waals surface area contributed by atoms with Crippen molar-refractivity contribution in [3.05, 3.63) is 24.0 Å². The van der Waals surface area contributed by atoms with Crippen molar-refractivity contribution in [1.82, 2.24) is 4.98 Å². The van der Waals surface area contributed by atoms with Gasteiger partial charge in [-0.1, -0.05) is 13.8 Å². The number of pyridine rings is 1. The predicted octanol–water partition coefficient (Wildman–Crippen LogP) is 3.63. The monoisotopic (exact) mass is 218 g/mol. The molecule has 1 aromatic rings. The van der Waals surface area contributed by atoms with Gasteiger partial charge >= 0.3 is 0 Å². The van der Waals surface area contributed by atoms with Gasteiger partial charge in [0.2, 0.25) is 0 Å². The maximum absolute atomic E-state index is 4.19. The van der Waals surface area contributed by atoms with E-state index in [-0.39, 0.29) is 0 Å². The van der Waals surface area contributed by atoms with Crippen LogP contribution in [0, 0.1) is 18.8 Å². The number of aromatic nitrogens is 1. The molecule has 1 saturated carbocycles. The van der Waals surface area contributed by atoms with Crippen molar-refractivity contribution < 1.29 is 0 Å². The second kappa shape index (κ2) is 4.86. The zero-order chi connectivity index (χ0) is 11.5. The van der Waals surface area contributed by atoms with E-state index in [2.05, 4.69) is 37.1 Å². The highest BCUT2D eigenvalue weighted by atomic mass is 14.9. The minimum absolute atomic E-state index is 0.624. The molecule has 3 unspecified atom stereocenters. The first kappa shape index (κ1) is 11.4. The summed E-state index contributed by atoms with van der Waals surface area (Å²) in [5.41, 5.74) is 2.50. The fourth-order valence-corrected chi connectivity index (χ4v) is 2.69. The second-order valence-corrected chi connectivity index (χ2v) is 5.34. The quantitative estimate of drug-likeness (QED) is 0.820. The molecule has 0 bridgehead atoms. The van der Waals surface area contributed by atoms with Gasteiger partial charge < -0.3 is 5.32 Å². The summed E-state index contributed by atoms with van der Waals surface area (Å²) >= 11 is 0. The molecule has 1 fully saturated rings. The molecule has 0 aliphatic heterocycles. The maximum atomic E-state index is 4.19. The van der Waals surface area contributed by atoms with Crippen LogP contribution in [0.3, 0.4) is 0 Å². The largest absolute Gasteiger partial charge is 0.381 e. The lowest BCUT2D eigenvalue weighted by molar-refractivity contribution is 0.276. The molecule has 88 valence electrons. The first-order valence-corrected chi connectivity index (χ1v) is 6.34. The Labute approximate surface area is 98.5 Å². The molecule has 16 heavy (non-hydrogen) atoms. The van der Waals surface area contributed by atoms with Crippen molar-refractivity contribution in [3.8, 4) is 0 Å². The van der Waals surface area contributed by atoms with Crippen LogP contribution in [-0.4, -0.2) is 11.0 Å². The Morgan fingerprint density at radius 1 is 1.31 bits per heavy atom. The molecule has 0 spiro atoms. The van der Waals surface area contributed by atoms with E-state index in [1.54, 1.807) is 0 Å². The predicted molar refractivity (Wildman–Crippen MR) is 68.6 cm³/mol. The minimum Gasteiger partial charge on any atom is -0.381 e. The molecule has 2 heteroatoms. The Balaban J connectivity index is 2.02. The SMILES string of the molecule is Cc1ccncc1NC1CCC(C)CC1C. The first-order valence-electron chi connectivity index (χ1n) is 6.34. The first-order chi connectivity index (χ1) is 7.66. The summed E-state index contributed by atoms with van der Waals surface area (Å²) in [6.07, 6.45) is 7.78. The number of rotatable bonds is 2. The molecular weight excluding hydrogens is 196 g/mol. The van der Waals surface area contributed by atoms with Crippen molar-refractivity contribution in [3.63, 3.8) is 0 Å². The molecule has 0 aromatic carbocycles. The minimum atomic E-state index is 0.624. The summed E-state index contributed by atoms with van der Waals surface area (Å²) < 4.78 is 0. The Bertz CT molecular complexity index is 348. The third-order valence-corrected chi connectivity index (χ3v) is 3.81. The molecule has 0 saturated heterocycles. The Morgan fingerprint density at radius 3 is 2.81 bits per heavy atom. The lowest BCUT2D eigenvalue weighted by Crippen LogP contribution is -2.33. The van der Waals surface area contributed by atoms with Crippen LogP contribution < -0.4 is 5.32 Å². The average Bonchev–Trinajstić information content (AvgIpc) is 2.25. The average molecular weight is 218 g/mol. The van der Waals surface area contributed by atoms with E-state index in [0.29, 0.717) is 6.04 Å². The molecule has 0 amide bonds. The van der Waals surface area contributed by atoms with Crippen LogP contribution in [0.1, 0.15) is 38.7 Å². The number of hydrogen-bond donors (Lipinski definition) is 1. The van der Waals surface area contributed by atoms with Crippen molar-refractivity contribution in [1.29, 1.82) is 0 Å². The van der Waals surface area contributed by atoms with Crippen molar-refractivity contribution >= 4 is 5.69 Å². The number of hydrogen-bond acceptors (Lipinski definition) is 2. The number of anilines is 1. The van der Waals surface area contributed by atoms with Gasteiger partial charge in [0.1, 0.15) is 0 Å². The third-order valence-electron chi connectivity index (χ3n) is 3.81. The summed E-state index contributed by atoms with van der Waals surface area (Å²) in [7, 11) is 0. The van der Waals surface area contributed by atoms with Crippen LogP contribution in [0.4, 0.5) is 5.69 Å². The van der Waals surface area contributed by atoms with E-state index in [4.69, 9.17) is 0 Å². The normalized spacial score (nSPS) is 30.1. The number of aryl methyl sites for hydroxylation is 1. The molecule has 2 nitrogen and oxygen atoms in total. The van der Waals surface area contributed by atoms with Gasteiger partial charge in [-0.05, 0) is 49.7 Å². The van der Waals surface area contributed by atoms with E-state index in [1.807, 2.05) is 12.4 Å².